The first kappa shape index (κ1) is 21.4. The largest absolute Gasteiger partial charge is 0.334 e. The van der Waals surface area contributed by atoms with Gasteiger partial charge in [0.25, 0.3) is 0 Å². The molecule has 7 nitrogen and oxygen atoms in total. The summed E-state index contributed by atoms with van der Waals surface area (Å²) in [6.45, 7) is 6.14. The van der Waals surface area contributed by atoms with Crippen molar-refractivity contribution in [3.63, 3.8) is 0 Å². The zero-order valence-electron chi connectivity index (χ0n) is 17.2. The number of aromatic nitrogens is 2. The van der Waals surface area contributed by atoms with E-state index >= 15 is 0 Å². The highest BCUT2D eigenvalue weighted by Crippen LogP contribution is 2.27. The van der Waals surface area contributed by atoms with Gasteiger partial charge in [-0.05, 0) is 24.5 Å². The molecule has 0 spiro atoms. The number of amides is 3. The van der Waals surface area contributed by atoms with Crippen molar-refractivity contribution in [2.75, 3.05) is 5.32 Å². The van der Waals surface area contributed by atoms with E-state index in [9.17, 15) is 9.59 Å². The molecule has 1 heterocycles. The van der Waals surface area contributed by atoms with Gasteiger partial charge in [-0.25, -0.2) is 4.79 Å². The van der Waals surface area contributed by atoms with Gasteiger partial charge in [-0.1, -0.05) is 79.3 Å². The number of nitrogens with one attached hydrogen (secondary N) is 3. The van der Waals surface area contributed by atoms with Crippen LogP contribution in [0, 0.1) is 12.8 Å². The number of nitrogens with zero attached hydrogens (tertiary/aromatic N) is 2. The number of carbonyl (C=O) groups excluding carboxylic acids is 2. The second-order valence-electron chi connectivity index (χ2n) is 7.31. The Morgan fingerprint density at radius 1 is 1.03 bits per heavy atom. The number of hydrogen-bond acceptors (Lipinski definition) is 5. The molecule has 0 radical (unpaired) electrons. The van der Waals surface area contributed by atoms with Gasteiger partial charge in [0.2, 0.25) is 11.0 Å². The highest BCUT2D eigenvalue weighted by atomic mass is 32.1. The molecule has 3 rings (SSSR count). The summed E-state index contributed by atoms with van der Waals surface area (Å²) >= 11 is 1.30. The van der Waals surface area contributed by atoms with Gasteiger partial charge in [0, 0.05) is 12.1 Å². The van der Waals surface area contributed by atoms with Crippen LogP contribution in [0.25, 0.3) is 10.6 Å². The molecular weight excluding hydrogens is 398 g/mol. The maximum atomic E-state index is 12.7. The monoisotopic (exact) mass is 423 g/mol. The van der Waals surface area contributed by atoms with Gasteiger partial charge in [-0.3, -0.25) is 10.1 Å². The summed E-state index contributed by atoms with van der Waals surface area (Å²) in [7, 11) is 0. The fourth-order valence-electron chi connectivity index (χ4n) is 2.86. The number of carbonyl (C=O) groups is 2. The Labute approximate surface area is 179 Å². The van der Waals surface area contributed by atoms with Crippen LogP contribution in [0.5, 0.6) is 0 Å². The summed E-state index contributed by atoms with van der Waals surface area (Å²) < 4.78 is 0. The lowest BCUT2D eigenvalue weighted by atomic mass is 10.0. The zero-order chi connectivity index (χ0) is 21.5. The molecule has 3 aromatic rings. The highest BCUT2D eigenvalue weighted by Gasteiger charge is 2.25. The molecule has 0 aliphatic rings. The highest BCUT2D eigenvalue weighted by molar-refractivity contribution is 7.18. The topological polar surface area (TPSA) is 96.0 Å². The number of aryl methyl sites for hydroxylation is 1. The Bertz CT molecular complexity index is 1000. The molecule has 0 unspecified atom stereocenters. The molecule has 1 aromatic heterocycles. The van der Waals surface area contributed by atoms with Gasteiger partial charge >= 0.3 is 6.03 Å². The lowest BCUT2D eigenvalue weighted by Gasteiger charge is -2.21. The van der Waals surface area contributed by atoms with Gasteiger partial charge in [-0.15, -0.1) is 10.2 Å². The minimum Gasteiger partial charge on any atom is -0.334 e. The SMILES string of the molecule is Cc1cccc(-c2nnc(NC(=O)[C@@H](NC(=O)NCc3ccccc3)C(C)C)s2)c1. The number of anilines is 1. The average Bonchev–Trinajstić information content (AvgIpc) is 3.19. The Kier molecular flexibility index (Phi) is 7.13. The summed E-state index contributed by atoms with van der Waals surface area (Å²) in [5.74, 6) is -0.427. The summed E-state index contributed by atoms with van der Waals surface area (Å²) in [6, 6.07) is 16.4. The molecule has 156 valence electrons. The Morgan fingerprint density at radius 2 is 1.80 bits per heavy atom. The lowest BCUT2D eigenvalue weighted by molar-refractivity contribution is -0.118. The minimum absolute atomic E-state index is 0.100. The van der Waals surface area contributed by atoms with Crippen molar-refractivity contribution in [3.05, 3.63) is 65.7 Å². The van der Waals surface area contributed by atoms with Crippen molar-refractivity contribution in [1.29, 1.82) is 0 Å². The van der Waals surface area contributed by atoms with E-state index < -0.39 is 12.1 Å². The van der Waals surface area contributed by atoms with E-state index in [2.05, 4.69) is 26.1 Å². The fourth-order valence-corrected chi connectivity index (χ4v) is 3.60. The van der Waals surface area contributed by atoms with E-state index in [1.807, 2.05) is 75.4 Å². The fraction of sp³-hybridized carbons (Fsp3) is 0.273. The van der Waals surface area contributed by atoms with E-state index in [1.54, 1.807) is 0 Å². The third-order valence-electron chi connectivity index (χ3n) is 4.45. The molecule has 30 heavy (non-hydrogen) atoms. The van der Waals surface area contributed by atoms with Gasteiger partial charge < -0.3 is 10.6 Å². The number of benzene rings is 2. The van der Waals surface area contributed by atoms with E-state index in [0.29, 0.717) is 11.7 Å². The van der Waals surface area contributed by atoms with E-state index in [0.717, 1.165) is 21.7 Å². The van der Waals surface area contributed by atoms with Crippen molar-refractivity contribution in [2.45, 2.75) is 33.4 Å². The molecule has 0 aliphatic heterocycles. The number of rotatable bonds is 7. The Morgan fingerprint density at radius 3 is 2.50 bits per heavy atom. The minimum atomic E-state index is -0.702. The van der Waals surface area contributed by atoms with E-state index in [1.165, 1.54) is 11.3 Å². The Balaban J connectivity index is 1.59. The van der Waals surface area contributed by atoms with Crippen LogP contribution in [0.4, 0.5) is 9.93 Å². The maximum Gasteiger partial charge on any atom is 0.315 e. The molecule has 0 fully saturated rings. The second-order valence-corrected chi connectivity index (χ2v) is 8.28. The van der Waals surface area contributed by atoms with Crippen molar-refractivity contribution in [1.82, 2.24) is 20.8 Å². The van der Waals surface area contributed by atoms with E-state index in [-0.39, 0.29) is 11.8 Å². The normalized spacial score (nSPS) is 11.7. The average molecular weight is 424 g/mol. The first-order valence-electron chi connectivity index (χ1n) is 9.72. The number of hydrogen-bond donors (Lipinski definition) is 3. The van der Waals surface area contributed by atoms with Crippen LogP contribution >= 0.6 is 11.3 Å². The molecule has 3 amide bonds. The Hall–Kier alpha value is -3.26. The molecule has 0 saturated heterocycles. The molecular formula is C22H25N5O2S. The van der Waals surface area contributed by atoms with Crippen molar-refractivity contribution in [2.24, 2.45) is 5.92 Å². The van der Waals surface area contributed by atoms with Gasteiger partial charge in [0.15, 0.2) is 0 Å². The molecule has 1 atom stereocenters. The molecule has 0 saturated carbocycles. The van der Waals surface area contributed by atoms with Crippen LogP contribution in [0.3, 0.4) is 0 Å². The maximum absolute atomic E-state index is 12.7. The smallest absolute Gasteiger partial charge is 0.315 e. The first-order valence-corrected chi connectivity index (χ1v) is 10.5. The van der Waals surface area contributed by atoms with Crippen LogP contribution in [-0.4, -0.2) is 28.2 Å². The quantitative estimate of drug-likeness (QED) is 0.536. The van der Waals surface area contributed by atoms with Gasteiger partial charge in [0.05, 0.1) is 0 Å². The summed E-state index contributed by atoms with van der Waals surface area (Å²) in [4.78, 5) is 25.0. The van der Waals surface area contributed by atoms with Crippen molar-refractivity contribution >= 4 is 28.4 Å². The number of urea groups is 1. The summed E-state index contributed by atoms with van der Waals surface area (Å²) in [5.41, 5.74) is 3.06. The lowest BCUT2D eigenvalue weighted by Crippen LogP contribution is -2.50. The third-order valence-corrected chi connectivity index (χ3v) is 5.34. The van der Waals surface area contributed by atoms with E-state index in [4.69, 9.17) is 0 Å². The molecule has 2 aromatic carbocycles. The van der Waals surface area contributed by atoms with Crippen molar-refractivity contribution in [3.8, 4) is 10.6 Å². The predicted molar refractivity (Wildman–Crippen MR) is 119 cm³/mol. The molecule has 3 N–H and O–H groups in total. The molecule has 0 bridgehead atoms. The molecule has 8 heteroatoms. The summed E-state index contributed by atoms with van der Waals surface area (Å²) in [6.07, 6.45) is 0. The standard InChI is InChI=1S/C22H25N5O2S/c1-14(2)18(24-21(29)23-13-16-9-5-4-6-10-16)19(28)25-22-27-26-20(30-22)17-11-7-8-15(3)12-17/h4-12,14,18H,13H2,1-3H3,(H2,23,24,29)(H,25,27,28)/t18-/m0/s1. The van der Waals surface area contributed by atoms with Crippen molar-refractivity contribution < 1.29 is 9.59 Å². The van der Waals surface area contributed by atoms with Crippen LogP contribution in [0.15, 0.2) is 54.6 Å². The molecule has 0 aliphatic carbocycles. The van der Waals surface area contributed by atoms with Crippen LogP contribution < -0.4 is 16.0 Å². The van der Waals surface area contributed by atoms with Crippen LogP contribution in [0.2, 0.25) is 0 Å². The summed E-state index contributed by atoms with van der Waals surface area (Å²) in [5, 5.41) is 17.6. The zero-order valence-corrected chi connectivity index (χ0v) is 18.0. The third kappa shape index (κ3) is 5.87. The second kappa shape index (κ2) is 9.98. The van der Waals surface area contributed by atoms with Crippen LogP contribution in [0.1, 0.15) is 25.0 Å². The first-order chi connectivity index (χ1) is 14.4. The van der Waals surface area contributed by atoms with Gasteiger partial charge in [0.1, 0.15) is 11.0 Å². The van der Waals surface area contributed by atoms with Crippen LogP contribution in [-0.2, 0) is 11.3 Å². The predicted octanol–water partition coefficient (Wildman–Crippen LogP) is 3.98. The van der Waals surface area contributed by atoms with Gasteiger partial charge in [-0.2, -0.15) is 0 Å².